The minimum atomic E-state index is -0.681. The molecule has 0 radical (unpaired) electrons. The van der Waals surface area contributed by atoms with Gasteiger partial charge in [0.05, 0.1) is 0 Å². The largest absolute Gasteiger partial charge is 0.481 e. The van der Waals surface area contributed by atoms with Gasteiger partial charge in [0, 0.05) is 18.5 Å². The highest BCUT2D eigenvalue weighted by Gasteiger charge is 2.36. The smallest absolute Gasteiger partial charge is 0.258 e. The van der Waals surface area contributed by atoms with Crippen molar-refractivity contribution >= 4 is 11.8 Å². The number of hydrogen-bond donors (Lipinski definition) is 1. The van der Waals surface area contributed by atoms with Crippen molar-refractivity contribution in [1.82, 2.24) is 4.90 Å². The van der Waals surface area contributed by atoms with E-state index < -0.39 is 12.0 Å². The molecule has 2 amide bonds. The van der Waals surface area contributed by atoms with Gasteiger partial charge in [0.15, 0.2) is 6.10 Å². The second-order valence-corrected chi connectivity index (χ2v) is 7.28. The first-order valence-corrected chi connectivity index (χ1v) is 9.40. The van der Waals surface area contributed by atoms with Crippen LogP contribution in [0.4, 0.5) is 0 Å². The molecule has 0 spiro atoms. The number of carbonyl (C=O) groups excluding carboxylic acids is 2. The zero-order valence-corrected chi connectivity index (χ0v) is 14.9. The van der Waals surface area contributed by atoms with E-state index in [1.165, 1.54) is 19.3 Å². The highest BCUT2D eigenvalue weighted by molar-refractivity contribution is 5.81. The lowest BCUT2D eigenvalue weighted by atomic mass is 9.94. The van der Waals surface area contributed by atoms with Crippen molar-refractivity contribution in [2.75, 3.05) is 6.54 Å². The predicted molar refractivity (Wildman–Crippen MR) is 96.1 cm³/mol. The fourth-order valence-corrected chi connectivity index (χ4v) is 4.01. The SMILES string of the molecule is CC(Oc1ccccc1CC1CCN(C2CCCCC2)C1=O)C(N)=O. The molecule has 1 aliphatic heterocycles. The molecule has 1 saturated heterocycles. The third-order valence-corrected chi connectivity index (χ3v) is 5.51. The van der Waals surface area contributed by atoms with Gasteiger partial charge in [-0.1, -0.05) is 37.5 Å². The van der Waals surface area contributed by atoms with E-state index in [1.807, 2.05) is 24.3 Å². The van der Waals surface area contributed by atoms with Gasteiger partial charge in [-0.3, -0.25) is 9.59 Å². The maximum absolute atomic E-state index is 12.9. The number of carbonyl (C=O) groups is 2. The van der Waals surface area contributed by atoms with Gasteiger partial charge < -0.3 is 15.4 Å². The van der Waals surface area contributed by atoms with Crippen LogP contribution < -0.4 is 10.5 Å². The molecule has 2 atom stereocenters. The molecule has 1 aliphatic carbocycles. The summed E-state index contributed by atoms with van der Waals surface area (Å²) in [4.78, 5) is 26.2. The minimum Gasteiger partial charge on any atom is -0.481 e. The maximum atomic E-state index is 12.9. The molecule has 2 aliphatic rings. The molecule has 2 N–H and O–H groups in total. The second kappa shape index (κ2) is 7.89. The normalized spacial score (nSPS) is 22.8. The molecule has 25 heavy (non-hydrogen) atoms. The summed E-state index contributed by atoms with van der Waals surface area (Å²) in [5.74, 6) is 0.452. The first-order chi connectivity index (χ1) is 12.1. The highest BCUT2D eigenvalue weighted by atomic mass is 16.5. The van der Waals surface area contributed by atoms with Gasteiger partial charge in [0.25, 0.3) is 5.91 Å². The summed E-state index contributed by atoms with van der Waals surface area (Å²) in [6.07, 6.45) is 6.94. The zero-order chi connectivity index (χ0) is 17.8. The molecule has 3 rings (SSSR count). The van der Waals surface area contributed by atoms with E-state index in [9.17, 15) is 9.59 Å². The lowest BCUT2D eigenvalue weighted by molar-refractivity contribution is -0.133. The second-order valence-electron chi connectivity index (χ2n) is 7.28. The summed E-state index contributed by atoms with van der Waals surface area (Å²) in [5.41, 5.74) is 6.27. The fourth-order valence-electron chi connectivity index (χ4n) is 4.01. The van der Waals surface area contributed by atoms with E-state index in [1.54, 1.807) is 6.92 Å². The van der Waals surface area contributed by atoms with Gasteiger partial charge >= 0.3 is 0 Å². The van der Waals surface area contributed by atoms with Crippen molar-refractivity contribution in [2.45, 2.75) is 64.0 Å². The van der Waals surface area contributed by atoms with E-state index in [2.05, 4.69) is 4.90 Å². The highest BCUT2D eigenvalue weighted by Crippen LogP contribution is 2.32. The molecule has 136 valence electrons. The van der Waals surface area contributed by atoms with Gasteiger partial charge in [-0.25, -0.2) is 0 Å². The fraction of sp³-hybridized carbons (Fsp3) is 0.600. The van der Waals surface area contributed by atoms with Crippen LogP contribution in [0.1, 0.15) is 51.0 Å². The number of ether oxygens (including phenoxy) is 1. The topological polar surface area (TPSA) is 72.6 Å². The van der Waals surface area contributed by atoms with Crippen LogP contribution in [-0.2, 0) is 16.0 Å². The third-order valence-electron chi connectivity index (χ3n) is 5.51. The van der Waals surface area contributed by atoms with Crippen LogP contribution >= 0.6 is 0 Å². The summed E-state index contributed by atoms with van der Waals surface area (Å²) in [6.45, 7) is 2.51. The third kappa shape index (κ3) is 4.14. The molecule has 2 fully saturated rings. The van der Waals surface area contributed by atoms with Gasteiger partial charge in [-0.05, 0) is 44.2 Å². The molecule has 1 aromatic rings. The number of primary amides is 1. The van der Waals surface area contributed by atoms with Crippen molar-refractivity contribution in [2.24, 2.45) is 11.7 Å². The van der Waals surface area contributed by atoms with Crippen LogP contribution in [0.5, 0.6) is 5.75 Å². The molecule has 5 nitrogen and oxygen atoms in total. The Balaban J connectivity index is 1.66. The summed E-state index contributed by atoms with van der Waals surface area (Å²) in [7, 11) is 0. The van der Waals surface area contributed by atoms with Gasteiger partial charge in [0.2, 0.25) is 5.91 Å². The average molecular weight is 344 g/mol. The van der Waals surface area contributed by atoms with Crippen molar-refractivity contribution in [1.29, 1.82) is 0 Å². The van der Waals surface area contributed by atoms with Crippen LogP contribution in [0.25, 0.3) is 0 Å². The van der Waals surface area contributed by atoms with Crippen LogP contribution in [0.3, 0.4) is 0 Å². The molecule has 1 heterocycles. The Morgan fingerprint density at radius 2 is 1.96 bits per heavy atom. The van der Waals surface area contributed by atoms with Crippen LogP contribution in [0, 0.1) is 5.92 Å². The number of benzene rings is 1. The number of rotatable bonds is 6. The van der Waals surface area contributed by atoms with Crippen molar-refractivity contribution < 1.29 is 14.3 Å². The van der Waals surface area contributed by atoms with Crippen LogP contribution in [-0.4, -0.2) is 35.4 Å². The first-order valence-electron chi connectivity index (χ1n) is 9.40. The van der Waals surface area contributed by atoms with E-state index in [0.29, 0.717) is 18.2 Å². The molecule has 5 heteroatoms. The monoisotopic (exact) mass is 344 g/mol. The Morgan fingerprint density at radius 3 is 2.68 bits per heavy atom. The summed E-state index contributed by atoms with van der Waals surface area (Å²) < 4.78 is 5.70. The first kappa shape index (κ1) is 17.8. The van der Waals surface area contributed by atoms with E-state index >= 15 is 0 Å². The molecule has 0 aromatic heterocycles. The Bertz CT molecular complexity index is 625. The average Bonchev–Trinajstić information content (AvgIpc) is 2.98. The lowest BCUT2D eigenvalue weighted by Crippen LogP contribution is -2.39. The van der Waals surface area contributed by atoms with E-state index in [0.717, 1.165) is 31.4 Å². The summed E-state index contributed by atoms with van der Waals surface area (Å²) >= 11 is 0. The Kier molecular flexibility index (Phi) is 5.61. The molecular formula is C20H28N2O3. The molecule has 0 bridgehead atoms. The number of likely N-dealkylation sites (tertiary alicyclic amines) is 1. The van der Waals surface area contributed by atoms with E-state index in [4.69, 9.17) is 10.5 Å². The Morgan fingerprint density at radius 1 is 1.24 bits per heavy atom. The van der Waals surface area contributed by atoms with Crippen molar-refractivity contribution in [3.05, 3.63) is 29.8 Å². The Labute approximate surface area is 149 Å². The van der Waals surface area contributed by atoms with Gasteiger partial charge in [-0.2, -0.15) is 0 Å². The van der Waals surface area contributed by atoms with Crippen LogP contribution in [0.2, 0.25) is 0 Å². The van der Waals surface area contributed by atoms with Crippen molar-refractivity contribution in [3.63, 3.8) is 0 Å². The number of para-hydroxylation sites is 1. The minimum absolute atomic E-state index is 0.00978. The standard InChI is InChI=1S/C20H28N2O3/c1-14(19(21)23)25-18-10-6-5-7-15(18)13-16-11-12-22(20(16)24)17-8-3-2-4-9-17/h5-7,10,14,16-17H,2-4,8-9,11-13H2,1H3,(H2,21,23). The molecule has 1 saturated carbocycles. The number of nitrogens with zero attached hydrogens (tertiary/aromatic N) is 1. The summed E-state index contributed by atoms with van der Waals surface area (Å²) in [5, 5.41) is 0. The molecule has 2 unspecified atom stereocenters. The summed E-state index contributed by atoms with van der Waals surface area (Å²) in [6, 6.07) is 8.06. The Hall–Kier alpha value is -2.04. The number of amides is 2. The van der Waals surface area contributed by atoms with Crippen LogP contribution in [0.15, 0.2) is 24.3 Å². The number of nitrogens with two attached hydrogens (primary N) is 1. The van der Waals surface area contributed by atoms with Crippen molar-refractivity contribution in [3.8, 4) is 5.75 Å². The van der Waals surface area contributed by atoms with Gasteiger partial charge in [0.1, 0.15) is 5.75 Å². The maximum Gasteiger partial charge on any atom is 0.258 e. The number of hydrogen-bond acceptors (Lipinski definition) is 3. The zero-order valence-electron chi connectivity index (χ0n) is 14.9. The van der Waals surface area contributed by atoms with Gasteiger partial charge in [-0.15, -0.1) is 0 Å². The quantitative estimate of drug-likeness (QED) is 0.862. The molecule has 1 aromatic carbocycles. The van der Waals surface area contributed by atoms with E-state index in [-0.39, 0.29) is 11.8 Å². The lowest BCUT2D eigenvalue weighted by Gasteiger charge is -2.31. The predicted octanol–water partition coefficient (Wildman–Crippen LogP) is 2.66. The molecular weight excluding hydrogens is 316 g/mol.